The summed E-state index contributed by atoms with van der Waals surface area (Å²) in [4.78, 5) is 2.26. The maximum absolute atomic E-state index is 12.1. The van der Waals surface area contributed by atoms with Crippen LogP contribution in [0.15, 0.2) is 0 Å². The van der Waals surface area contributed by atoms with Crippen molar-refractivity contribution in [3.8, 4) is 0 Å². The molecule has 0 bridgehead atoms. The topological polar surface area (TPSA) is 15.3 Å². The summed E-state index contributed by atoms with van der Waals surface area (Å²) in [5, 5.41) is 2.81. The third-order valence-electron chi connectivity index (χ3n) is 2.26. The van der Waals surface area contributed by atoms with Crippen LogP contribution in [-0.4, -0.2) is 43.5 Å². The first-order chi connectivity index (χ1) is 6.61. The molecule has 0 amide bonds. The molecule has 0 saturated heterocycles. The highest BCUT2D eigenvalue weighted by molar-refractivity contribution is 4.64. The van der Waals surface area contributed by atoms with E-state index in [4.69, 9.17) is 0 Å². The molecule has 1 unspecified atom stereocenters. The van der Waals surface area contributed by atoms with Crippen LogP contribution in [0, 0.1) is 0 Å². The highest BCUT2D eigenvalue weighted by Crippen LogP contribution is 1.98. The Kier molecular flexibility index (Phi) is 7.99. The molecule has 14 heavy (non-hydrogen) atoms. The van der Waals surface area contributed by atoms with Gasteiger partial charge >= 0.3 is 0 Å². The van der Waals surface area contributed by atoms with Crippen LogP contribution >= 0.6 is 0 Å². The molecular formula is C10H22F2N2. The third kappa shape index (κ3) is 6.27. The predicted molar refractivity (Wildman–Crippen MR) is 55.9 cm³/mol. The smallest absolute Gasteiger partial charge is 0.253 e. The second kappa shape index (κ2) is 8.12. The van der Waals surface area contributed by atoms with Gasteiger partial charge in [-0.05, 0) is 26.4 Å². The van der Waals surface area contributed by atoms with Gasteiger partial charge in [0, 0.05) is 13.1 Å². The monoisotopic (exact) mass is 208 g/mol. The van der Waals surface area contributed by atoms with E-state index in [1.165, 1.54) is 6.92 Å². The fraction of sp³-hybridized carbons (Fsp3) is 1.00. The SMILES string of the molecule is CCCN(CC)CCNC(C)C(F)F. The largest absolute Gasteiger partial charge is 0.308 e. The van der Waals surface area contributed by atoms with Crippen LogP contribution < -0.4 is 5.32 Å². The highest BCUT2D eigenvalue weighted by Gasteiger charge is 2.13. The van der Waals surface area contributed by atoms with Crippen molar-refractivity contribution in [1.29, 1.82) is 0 Å². The summed E-state index contributed by atoms with van der Waals surface area (Å²) >= 11 is 0. The van der Waals surface area contributed by atoms with Crippen LogP contribution in [0.25, 0.3) is 0 Å². The Morgan fingerprint density at radius 1 is 1.21 bits per heavy atom. The Balaban J connectivity index is 3.50. The molecular weight excluding hydrogens is 186 g/mol. The average Bonchev–Trinajstić information content (AvgIpc) is 2.16. The summed E-state index contributed by atoms with van der Waals surface area (Å²) < 4.78 is 24.2. The van der Waals surface area contributed by atoms with Gasteiger partial charge in [-0.15, -0.1) is 0 Å². The zero-order valence-electron chi connectivity index (χ0n) is 9.39. The summed E-state index contributed by atoms with van der Waals surface area (Å²) in [5.74, 6) is 0. The normalized spacial score (nSPS) is 13.9. The minimum absolute atomic E-state index is 0.638. The van der Waals surface area contributed by atoms with E-state index in [0.717, 1.165) is 26.1 Å². The quantitative estimate of drug-likeness (QED) is 0.656. The molecule has 86 valence electrons. The van der Waals surface area contributed by atoms with Crippen molar-refractivity contribution in [3.63, 3.8) is 0 Å². The molecule has 2 nitrogen and oxygen atoms in total. The van der Waals surface area contributed by atoms with Crippen LogP contribution in [0.1, 0.15) is 27.2 Å². The zero-order valence-corrected chi connectivity index (χ0v) is 9.39. The lowest BCUT2D eigenvalue weighted by molar-refractivity contribution is 0.104. The van der Waals surface area contributed by atoms with Gasteiger partial charge in [-0.1, -0.05) is 13.8 Å². The fourth-order valence-corrected chi connectivity index (χ4v) is 1.28. The molecule has 0 aliphatic carbocycles. The van der Waals surface area contributed by atoms with Crippen molar-refractivity contribution in [2.24, 2.45) is 0 Å². The number of hydrogen-bond donors (Lipinski definition) is 1. The first kappa shape index (κ1) is 13.8. The van der Waals surface area contributed by atoms with Crippen molar-refractivity contribution < 1.29 is 8.78 Å². The van der Waals surface area contributed by atoms with Gasteiger partial charge in [-0.2, -0.15) is 0 Å². The molecule has 0 aromatic heterocycles. The Morgan fingerprint density at radius 2 is 1.86 bits per heavy atom. The predicted octanol–water partition coefficient (Wildman–Crippen LogP) is 1.96. The summed E-state index contributed by atoms with van der Waals surface area (Å²) in [5.41, 5.74) is 0. The molecule has 0 radical (unpaired) electrons. The van der Waals surface area contributed by atoms with Gasteiger partial charge in [0.25, 0.3) is 6.43 Å². The third-order valence-corrected chi connectivity index (χ3v) is 2.26. The fourth-order valence-electron chi connectivity index (χ4n) is 1.28. The van der Waals surface area contributed by atoms with Crippen molar-refractivity contribution in [1.82, 2.24) is 10.2 Å². The summed E-state index contributed by atoms with van der Waals surface area (Å²) in [6.45, 7) is 9.24. The molecule has 0 spiro atoms. The molecule has 1 N–H and O–H groups in total. The molecule has 4 heteroatoms. The van der Waals surface area contributed by atoms with E-state index < -0.39 is 12.5 Å². The lowest BCUT2D eigenvalue weighted by atomic mass is 10.3. The van der Waals surface area contributed by atoms with Crippen molar-refractivity contribution in [2.45, 2.75) is 39.7 Å². The molecule has 0 fully saturated rings. The van der Waals surface area contributed by atoms with Gasteiger partial charge in [-0.3, -0.25) is 0 Å². The number of likely N-dealkylation sites (N-methyl/N-ethyl adjacent to an activating group) is 1. The lowest BCUT2D eigenvalue weighted by Crippen LogP contribution is -2.39. The summed E-state index contributed by atoms with van der Waals surface area (Å²) in [6, 6.07) is -0.699. The lowest BCUT2D eigenvalue weighted by Gasteiger charge is -2.21. The molecule has 0 aliphatic rings. The first-order valence-corrected chi connectivity index (χ1v) is 5.35. The van der Waals surface area contributed by atoms with Crippen LogP contribution in [0.4, 0.5) is 8.78 Å². The zero-order chi connectivity index (χ0) is 11.0. The Bertz CT molecular complexity index is 131. The molecule has 0 aliphatic heterocycles. The van der Waals surface area contributed by atoms with Crippen LogP contribution in [-0.2, 0) is 0 Å². The average molecular weight is 208 g/mol. The van der Waals surface area contributed by atoms with E-state index >= 15 is 0 Å². The number of hydrogen-bond acceptors (Lipinski definition) is 2. The maximum Gasteiger partial charge on any atom is 0.253 e. The van der Waals surface area contributed by atoms with Gasteiger partial charge in [-0.25, -0.2) is 8.78 Å². The summed E-state index contributed by atoms with van der Waals surface area (Å²) in [7, 11) is 0. The number of rotatable bonds is 8. The van der Waals surface area contributed by atoms with E-state index in [2.05, 4.69) is 24.1 Å². The van der Waals surface area contributed by atoms with Crippen LogP contribution in [0.2, 0.25) is 0 Å². The van der Waals surface area contributed by atoms with Crippen molar-refractivity contribution in [3.05, 3.63) is 0 Å². The molecule has 1 atom stereocenters. The second-order valence-corrected chi connectivity index (χ2v) is 3.51. The van der Waals surface area contributed by atoms with Gasteiger partial charge < -0.3 is 10.2 Å². The van der Waals surface area contributed by atoms with Crippen LogP contribution in [0.3, 0.4) is 0 Å². The molecule has 0 heterocycles. The molecule has 0 rings (SSSR count). The number of nitrogens with zero attached hydrogens (tertiary/aromatic N) is 1. The standard InChI is InChI=1S/C10H22F2N2/c1-4-7-14(5-2)8-6-13-9(3)10(11)12/h9-10,13H,4-8H2,1-3H3. The molecule has 0 aromatic carbocycles. The van der Waals surface area contributed by atoms with Gasteiger partial charge in [0.2, 0.25) is 0 Å². The number of alkyl halides is 2. The number of nitrogens with one attached hydrogen (secondary N) is 1. The maximum atomic E-state index is 12.1. The first-order valence-electron chi connectivity index (χ1n) is 5.35. The van der Waals surface area contributed by atoms with Gasteiger partial charge in [0.1, 0.15) is 0 Å². The molecule has 0 saturated carbocycles. The van der Waals surface area contributed by atoms with E-state index in [0.29, 0.717) is 6.54 Å². The molecule has 0 aromatic rings. The highest BCUT2D eigenvalue weighted by atomic mass is 19.3. The Hall–Kier alpha value is -0.220. The summed E-state index contributed by atoms with van der Waals surface area (Å²) in [6.07, 6.45) is -1.16. The van der Waals surface area contributed by atoms with Crippen molar-refractivity contribution in [2.75, 3.05) is 26.2 Å². The van der Waals surface area contributed by atoms with Gasteiger partial charge in [0.15, 0.2) is 0 Å². The van der Waals surface area contributed by atoms with Crippen LogP contribution in [0.5, 0.6) is 0 Å². The van der Waals surface area contributed by atoms with E-state index in [9.17, 15) is 8.78 Å². The van der Waals surface area contributed by atoms with E-state index in [1.807, 2.05) is 0 Å². The van der Waals surface area contributed by atoms with E-state index in [-0.39, 0.29) is 0 Å². The number of halogens is 2. The minimum Gasteiger partial charge on any atom is -0.308 e. The van der Waals surface area contributed by atoms with Gasteiger partial charge in [0.05, 0.1) is 6.04 Å². The van der Waals surface area contributed by atoms with E-state index in [1.54, 1.807) is 0 Å². The second-order valence-electron chi connectivity index (χ2n) is 3.51. The Morgan fingerprint density at radius 3 is 2.29 bits per heavy atom. The van der Waals surface area contributed by atoms with Crippen molar-refractivity contribution >= 4 is 0 Å². The Labute approximate surface area is 85.7 Å². The minimum atomic E-state index is -2.27.